The lowest BCUT2D eigenvalue weighted by atomic mass is 9.98. The zero-order valence-corrected chi connectivity index (χ0v) is 30.6. The van der Waals surface area contributed by atoms with Gasteiger partial charge >= 0.3 is 0 Å². The summed E-state index contributed by atoms with van der Waals surface area (Å²) in [5.41, 5.74) is 10.4. The van der Waals surface area contributed by atoms with Crippen molar-refractivity contribution in [2.75, 3.05) is 9.80 Å². The van der Waals surface area contributed by atoms with Gasteiger partial charge in [0, 0.05) is 33.5 Å². The fraction of sp³-hybridized carbons (Fsp3) is 0.0189. The van der Waals surface area contributed by atoms with Crippen LogP contribution in [0.2, 0.25) is 0 Å². The van der Waals surface area contributed by atoms with Crippen molar-refractivity contribution in [2.45, 2.75) is 6.92 Å². The van der Waals surface area contributed by atoms with Gasteiger partial charge in [0.2, 0.25) is 0 Å². The molecule has 0 atom stereocenters. The van der Waals surface area contributed by atoms with Gasteiger partial charge in [-0.1, -0.05) is 157 Å². The highest BCUT2D eigenvalue weighted by atomic mass is 15.1. The number of nitrogens with zero attached hydrogens (tertiary/aromatic N) is 2. The van der Waals surface area contributed by atoms with Crippen LogP contribution in [0, 0.1) is 6.92 Å². The Morgan fingerprint density at radius 3 is 1.04 bits per heavy atom. The van der Waals surface area contributed by atoms with E-state index in [0.29, 0.717) is 0 Å². The molecule has 0 aliphatic carbocycles. The second-order valence-electron chi connectivity index (χ2n) is 14.3. The van der Waals surface area contributed by atoms with E-state index in [4.69, 9.17) is 0 Å². The van der Waals surface area contributed by atoms with E-state index in [1.54, 1.807) is 0 Å². The highest BCUT2D eigenvalue weighted by Gasteiger charge is 2.19. The fourth-order valence-corrected chi connectivity index (χ4v) is 8.17. The van der Waals surface area contributed by atoms with Crippen LogP contribution in [0.15, 0.2) is 212 Å². The first-order valence-electron chi connectivity index (χ1n) is 18.9. The molecule has 0 saturated heterocycles. The van der Waals surface area contributed by atoms with Crippen molar-refractivity contribution in [2.24, 2.45) is 0 Å². The Hall–Kier alpha value is -7.16. The molecule has 0 aliphatic rings. The van der Waals surface area contributed by atoms with Gasteiger partial charge in [-0.3, -0.25) is 0 Å². The summed E-state index contributed by atoms with van der Waals surface area (Å²) in [5.74, 6) is 0. The lowest BCUT2D eigenvalue weighted by Crippen LogP contribution is -2.11. The summed E-state index contributed by atoms with van der Waals surface area (Å²) < 4.78 is 0. The topological polar surface area (TPSA) is 6.48 Å². The number of anilines is 6. The third-order valence-corrected chi connectivity index (χ3v) is 10.9. The molecule has 2 heteroatoms. The van der Waals surface area contributed by atoms with Crippen LogP contribution >= 0.6 is 0 Å². The van der Waals surface area contributed by atoms with Gasteiger partial charge in [0.15, 0.2) is 0 Å². The van der Waals surface area contributed by atoms with Gasteiger partial charge in [-0.05, 0) is 111 Å². The van der Waals surface area contributed by atoms with Crippen LogP contribution in [0.4, 0.5) is 34.1 Å². The Morgan fingerprint density at radius 2 is 0.600 bits per heavy atom. The smallest absolute Gasteiger partial charge is 0.0546 e. The average Bonchev–Trinajstić information content (AvgIpc) is 3.25. The van der Waals surface area contributed by atoms with Gasteiger partial charge in [0.1, 0.15) is 0 Å². The predicted octanol–water partition coefficient (Wildman–Crippen LogP) is 15.2. The standard InChI is InChI=1S/C53H38N2/c1-37-23-29-43(30-24-37)55(53-36-41-14-6-8-18-47(41)49-20-10-12-22-51(49)53)45-33-27-39(28-34-45)38-25-31-44(32-26-38)54(42-15-3-2-4-16-42)52-35-40-13-5-7-17-46(40)48-19-9-11-21-50(48)52/h2-36H,1H3. The molecular weight excluding hydrogens is 665 g/mol. The SMILES string of the molecule is Cc1ccc(N(c2ccc(-c3ccc(N(c4ccccc4)c4cc5ccccc5c5ccccc45)cc3)cc2)c2cc3ccccc3c3ccccc23)cc1. The van der Waals surface area contributed by atoms with Gasteiger partial charge in [0.25, 0.3) is 0 Å². The van der Waals surface area contributed by atoms with Crippen LogP contribution in [-0.2, 0) is 0 Å². The first-order chi connectivity index (χ1) is 27.2. The summed E-state index contributed by atoms with van der Waals surface area (Å²) >= 11 is 0. The van der Waals surface area contributed by atoms with E-state index < -0.39 is 0 Å². The van der Waals surface area contributed by atoms with Gasteiger partial charge in [-0.15, -0.1) is 0 Å². The van der Waals surface area contributed by atoms with Crippen LogP contribution in [0.1, 0.15) is 5.56 Å². The zero-order chi connectivity index (χ0) is 36.7. The van der Waals surface area contributed by atoms with E-state index in [1.165, 1.54) is 59.8 Å². The molecular formula is C53H38N2. The maximum absolute atomic E-state index is 2.40. The Labute approximate surface area is 321 Å². The van der Waals surface area contributed by atoms with E-state index >= 15 is 0 Å². The van der Waals surface area contributed by atoms with Crippen molar-refractivity contribution in [3.05, 3.63) is 218 Å². The minimum Gasteiger partial charge on any atom is -0.310 e. The van der Waals surface area contributed by atoms with Gasteiger partial charge < -0.3 is 9.80 Å². The van der Waals surface area contributed by atoms with Crippen molar-refractivity contribution >= 4 is 77.2 Å². The summed E-state index contributed by atoms with van der Waals surface area (Å²) in [6, 6.07) is 77.1. The third kappa shape index (κ3) is 5.85. The Kier molecular flexibility index (Phi) is 8.08. The third-order valence-electron chi connectivity index (χ3n) is 10.9. The van der Waals surface area contributed by atoms with E-state index in [0.717, 1.165) is 34.1 Å². The predicted molar refractivity (Wildman–Crippen MR) is 236 cm³/mol. The molecule has 0 unspecified atom stereocenters. The molecule has 260 valence electrons. The van der Waals surface area contributed by atoms with Crippen molar-refractivity contribution in [1.82, 2.24) is 0 Å². The molecule has 0 bridgehead atoms. The van der Waals surface area contributed by atoms with Crippen LogP contribution in [0.25, 0.3) is 54.2 Å². The summed E-state index contributed by atoms with van der Waals surface area (Å²) in [6.45, 7) is 2.14. The quantitative estimate of drug-likeness (QED) is 0.153. The average molecular weight is 703 g/mol. The Balaban J connectivity index is 1.05. The highest BCUT2D eigenvalue weighted by Crippen LogP contribution is 2.44. The fourth-order valence-electron chi connectivity index (χ4n) is 8.17. The Morgan fingerprint density at radius 1 is 0.273 bits per heavy atom. The summed E-state index contributed by atoms with van der Waals surface area (Å²) in [6.07, 6.45) is 0. The first kappa shape index (κ1) is 32.5. The normalized spacial score (nSPS) is 11.4. The lowest BCUT2D eigenvalue weighted by Gasteiger charge is -2.28. The summed E-state index contributed by atoms with van der Waals surface area (Å²) in [7, 11) is 0. The van der Waals surface area contributed by atoms with Gasteiger partial charge in [-0.2, -0.15) is 0 Å². The first-order valence-corrected chi connectivity index (χ1v) is 18.9. The lowest BCUT2D eigenvalue weighted by molar-refractivity contribution is 1.29. The number of benzene rings is 10. The van der Waals surface area contributed by atoms with Crippen molar-refractivity contribution in [3.8, 4) is 11.1 Å². The molecule has 0 aliphatic heterocycles. The molecule has 0 aromatic heterocycles. The van der Waals surface area contributed by atoms with Crippen LogP contribution < -0.4 is 9.80 Å². The molecule has 0 radical (unpaired) electrons. The van der Waals surface area contributed by atoms with Crippen molar-refractivity contribution in [1.29, 1.82) is 0 Å². The number of hydrogen-bond donors (Lipinski definition) is 0. The molecule has 0 N–H and O–H groups in total. The van der Waals surface area contributed by atoms with Crippen LogP contribution in [-0.4, -0.2) is 0 Å². The Bertz CT molecular complexity index is 2970. The molecule has 0 spiro atoms. The minimum absolute atomic E-state index is 1.11. The number of para-hydroxylation sites is 1. The minimum atomic E-state index is 1.11. The molecule has 0 saturated carbocycles. The van der Waals surface area contributed by atoms with Crippen LogP contribution in [0.3, 0.4) is 0 Å². The monoisotopic (exact) mass is 702 g/mol. The second kappa shape index (κ2) is 13.7. The molecule has 2 nitrogen and oxygen atoms in total. The number of rotatable bonds is 7. The number of aryl methyl sites for hydroxylation is 1. The maximum atomic E-state index is 2.40. The molecule has 0 amide bonds. The molecule has 0 heterocycles. The number of hydrogen-bond acceptors (Lipinski definition) is 2. The van der Waals surface area contributed by atoms with E-state index in [2.05, 4.69) is 229 Å². The highest BCUT2D eigenvalue weighted by molar-refractivity contribution is 6.15. The molecule has 0 fully saturated rings. The largest absolute Gasteiger partial charge is 0.310 e. The van der Waals surface area contributed by atoms with Gasteiger partial charge in [-0.25, -0.2) is 0 Å². The van der Waals surface area contributed by atoms with E-state index in [-0.39, 0.29) is 0 Å². The second-order valence-corrected chi connectivity index (χ2v) is 14.3. The molecule has 55 heavy (non-hydrogen) atoms. The van der Waals surface area contributed by atoms with Crippen molar-refractivity contribution in [3.63, 3.8) is 0 Å². The van der Waals surface area contributed by atoms with Crippen LogP contribution in [0.5, 0.6) is 0 Å². The number of fused-ring (bicyclic) bond motifs is 6. The summed E-state index contributed by atoms with van der Waals surface area (Å²) in [5, 5.41) is 9.95. The van der Waals surface area contributed by atoms with Crippen molar-refractivity contribution < 1.29 is 0 Å². The molecule has 10 aromatic rings. The van der Waals surface area contributed by atoms with E-state index in [9.17, 15) is 0 Å². The molecule has 10 rings (SSSR count). The maximum Gasteiger partial charge on any atom is 0.0546 e. The van der Waals surface area contributed by atoms with Gasteiger partial charge in [0.05, 0.1) is 11.4 Å². The summed E-state index contributed by atoms with van der Waals surface area (Å²) in [4.78, 5) is 4.78. The van der Waals surface area contributed by atoms with E-state index in [1.807, 2.05) is 0 Å². The molecule has 10 aromatic carbocycles. The zero-order valence-electron chi connectivity index (χ0n) is 30.6.